The summed E-state index contributed by atoms with van der Waals surface area (Å²) < 4.78 is 1.16. The van der Waals surface area contributed by atoms with Gasteiger partial charge in [-0.2, -0.15) is 0 Å². The summed E-state index contributed by atoms with van der Waals surface area (Å²) in [6.07, 6.45) is 0.842. The summed E-state index contributed by atoms with van der Waals surface area (Å²) in [6, 6.07) is 6.59. The Labute approximate surface area is 152 Å². The number of carbonyl (C=O) groups excluding carboxylic acids is 1. The first-order valence-electron chi connectivity index (χ1n) is 8.28. The molecule has 0 atom stereocenters. The molecule has 0 aliphatic rings. The maximum Gasteiger partial charge on any atom is 0.273 e. The van der Waals surface area contributed by atoms with Gasteiger partial charge in [0.15, 0.2) is 0 Å². The molecule has 3 aromatic rings. The Morgan fingerprint density at radius 2 is 1.96 bits per heavy atom. The molecule has 0 radical (unpaired) electrons. The largest absolute Gasteiger partial charge is 0.300 e. The van der Waals surface area contributed by atoms with Crippen LogP contribution in [0.2, 0.25) is 0 Å². The molecule has 0 saturated heterocycles. The van der Waals surface area contributed by atoms with Crippen molar-refractivity contribution in [1.82, 2.24) is 20.0 Å². The van der Waals surface area contributed by atoms with Gasteiger partial charge in [0.05, 0.1) is 17.3 Å². The molecule has 136 valence electrons. The van der Waals surface area contributed by atoms with Crippen LogP contribution < -0.4 is 16.4 Å². The number of fused-ring (bicyclic) bond motifs is 1. The number of amides is 1. The molecule has 26 heavy (non-hydrogen) atoms. The van der Waals surface area contributed by atoms with Gasteiger partial charge in [-0.1, -0.05) is 37.3 Å². The SMILES string of the molecule is CC(C)Cc1nnc(NC(=O)CCn2[nH]c(=O)c3ccccc3c2=O)s1. The Morgan fingerprint density at radius 3 is 2.69 bits per heavy atom. The van der Waals surface area contributed by atoms with E-state index >= 15 is 0 Å². The number of aromatic nitrogens is 4. The minimum atomic E-state index is -0.358. The summed E-state index contributed by atoms with van der Waals surface area (Å²) >= 11 is 1.34. The Bertz CT molecular complexity index is 1050. The average molecular weight is 373 g/mol. The van der Waals surface area contributed by atoms with Gasteiger partial charge in [-0.3, -0.25) is 19.5 Å². The van der Waals surface area contributed by atoms with Crippen molar-refractivity contribution in [2.24, 2.45) is 5.92 Å². The van der Waals surface area contributed by atoms with Gasteiger partial charge in [0, 0.05) is 12.8 Å². The number of hydrogen-bond donors (Lipinski definition) is 2. The summed E-state index contributed by atoms with van der Waals surface area (Å²) in [7, 11) is 0. The molecule has 1 aromatic carbocycles. The topological polar surface area (TPSA) is 110 Å². The maximum absolute atomic E-state index is 12.4. The van der Waals surface area contributed by atoms with Gasteiger partial charge in [-0.05, 0) is 18.1 Å². The second kappa shape index (κ2) is 7.61. The van der Waals surface area contributed by atoms with Crippen molar-refractivity contribution >= 4 is 33.1 Å². The van der Waals surface area contributed by atoms with Gasteiger partial charge >= 0.3 is 0 Å². The van der Waals surface area contributed by atoms with Crippen LogP contribution in [0.15, 0.2) is 33.9 Å². The molecule has 3 rings (SSSR count). The molecule has 8 nitrogen and oxygen atoms in total. The average Bonchev–Trinajstić information content (AvgIpc) is 3.03. The third-order valence-electron chi connectivity index (χ3n) is 3.74. The van der Waals surface area contributed by atoms with Crippen molar-refractivity contribution in [2.75, 3.05) is 5.32 Å². The van der Waals surface area contributed by atoms with Crippen LogP contribution in [0, 0.1) is 5.92 Å². The van der Waals surface area contributed by atoms with Gasteiger partial charge < -0.3 is 5.32 Å². The van der Waals surface area contributed by atoms with E-state index in [1.165, 1.54) is 11.3 Å². The Kier molecular flexibility index (Phi) is 5.27. The molecular weight excluding hydrogens is 354 g/mol. The number of benzene rings is 1. The molecule has 0 spiro atoms. The van der Waals surface area contributed by atoms with E-state index in [2.05, 4.69) is 34.5 Å². The Balaban J connectivity index is 1.67. The fourth-order valence-corrected chi connectivity index (χ4v) is 3.50. The quantitative estimate of drug-likeness (QED) is 0.684. The van der Waals surface area contributed by atoms with Crippen LogP contribution in [-0.4, -0.2) is 25.9 Å². The highest BCUT2D eigenvalue weighted by molar-refractivity contribution is 7.15. The Hall–Kier alpha value is -2.81. The lowest BCUT2D eigenvalue weighted by molar-refractivity contribution is -0.116. The number of rotatable bonds is 6. The summed E-state index contributed by atoms with van der Waals surface area (Å²) in [4.78, 5) is 36.5. The van der Waals surface area contributed by atoms with Crippen molar-refractivity contribution < 1.29 is 4.79 Å². The third kappa shape index (κ3) is 4.05. The standard InChI is InChI=1S/C17H19N5O3S/c1-10(2)9-14-19-20-17(26-14)18-13(23)7-8-22-16(25)12-6-4-3-5-11(12)15(24)21-22/h3-6,10H,7-9H2,1-2H3,(H,21,24)(H,18,20,23). The second-order valence-electron chi connectivity index (χ2n) is 6.34. The van der Waals surface area contributed by atoms with E-state index in [0.717, 1.165) is 16.1 Å². The van der Waals surface area contributed by atoms with Crippen LogP contribution in [0.3, 0.4) is 0 Å². The van der Waals surface area contributed by atoms with E-state index in [1.807, 2.05) is 0 Å². The number of carbonyl (C=O) groups is 1. The van der Waals surface area contributed by atoms with Gasteiger partial charge in [0.25, 0.3) is 11.1 Å². The fourth-order valence-electron chi connectivity index (χ4n) is 2.53. The monoisotopic (exact) mass is 373 g/mol. The molecular formula is C17H19N5O3S. The van der Waals surface area contributed by atoms with E-state index in [4.69, 9.17) is 0 Å². The Morgan fingerprint density at radius 1 is 1.23 bits per heavy atom. The van der Waals surface area contributed by atoms with E-state index in [9.17, 15) is 14.4 Å². The fraction of sp³-hybridized carbons (Fsp3) is 0.353. The van der Waals surface area contributed by atoms with Crippen LogP contribution in [0.4, 0.5) is 5.13 Å². The van der Waals surface area contributed by atoms with Gasteiger partial charge in [-0.15, -0.1) is 10.2 Å². The van der Waals surface area contributed by atoms with Crippen molar-refractivity contribution in [3.63, 3.8) is 0 Å². The molecule has 0 saturated carbocycles. The second-order valence-corrected chi connectivity index (χ2v) is 7.40. The lowest BCUT2D eigenvalue weighted by atomic mass is 10.1. The highest BCUT2D eigenvalue weighted by Gasteiger charge is 2.11. The van der Waals surface area contributed by atoms with E-state index < -0.39 is 0 Å². The zero-order chi connectivity index (χ0) is 18.7. The summed E-state index contributed by atoms with van der Waals surface area (Å²) in [5.41, 5.74) is -0.689. The van der Waals surface area contributed by atoms with Gasteiger partial charge in [-0.25, -0.2) is 4.68 Å². The van der Waals surface area contributed by atoms with E-state index in [0.29, 0.717) is 21.8 Å². The minimum absolute atomic E-state index is 0.0350. The zero-order valence-corrected chi connectivity index (χ0v) is 15.3. The van der Waals surface area contributed by atoms with Crippen molar-refractivity contribution in [3.05, 3.63) is 50.0 Å². The molecule has 1 amide bonds. The molecule has 2 heterocycles. The van der Waals surface area contributed by atoms with Crippen LogP contribution in [0.1, 0.15) is 25.3 Å². The normalized spacial score (nSPS) is 11.2. The van der Waals surface area contributed by atoms with E-state index in [1.54, 1.807) is 24.3 Å². The number of anilines is 1. The molecule has 9 heteroatoms. The highest BCUT2D eigenvalue weighted by Crippen LogP contribution is 2.18. The molecule has 0 unspecified atom stereocenters. The first-order valence-corrected chi connectivity index (χ1v) is 9.10. The first-order chi connectivity index (χ1) is 12.4. The maximum atomic E-state index is 12.4. The number of aromatic amines is 1. The molecule has 0 bridgehead atoms. The van der Waals surface area contributed by atoms with Gasteiger partial charge in [0.1, 0.15) is 5.01 Å². The van der Waals surface area contributed by atoms with Crippen molar-refractivity contribution in [2.45, 2.75) is 33.2 Å². The van der Waals surface area contributed by atoms with E-state index in [-0.39, 0.29) is 30.0 Å². The lowest BCUT2D eigenvalue weighted by Crippen LogP contribution is -2.31. The van der Waals surface area contributed by atoms with Crippen LogP contribution in [0.25, 0.3) is 10.8 Å². The third-order valence-corrected chi connectivity index (χ3v) is 4.60. The van der Waals surface area contributed by atoms with Crippen molar-refractivity contribution in [3.8, 4) is 0 Å². The molecule has 0 aliphatic heterocycles. The summed E-state index contributed by atoms with van der Waals surface area (Å²) in [5, 5.41) is 15.1. The molecule has 2 aromatic heterocycles. The number of H-pyrrole nitrogens is 1. The number of hydrogen-bond acceptors (Lipinski definition) is 6. The summed E-state index contributed by atoms with van der Waals surface area (Å²) in [6.45, 7) is 4.24. The van der Waals surface area contributed by atoms with Crippen LogP contribution in [0.5, 0.6) is 0 Å². The summed E-state index contributed by atoms with van der Waals surface area (Å²) in [5.74, 6) is 0.168. The minimum Gasteiger partial charge on any atom is -0.300 e. The van der Waals surface area contributed by atoms with Crippen molar-refractivity contribution in [1.29, 1.82) is 0 Å². The van der Waals surface area contributed by atoms with Crippen LogP contribution >= 0.6 is 11.3 Å². The lowest BCUT2D eigenvalue weighted by Gasteiger charge is -2.06. The zero-order valence-electron chi connectivity index (χ0n) is 14.5. The smallest absolute Gasteiger partial charge is 0.273 e. The number of aryl methyl sites for hydroxylation is 1. The van der Waals surface area contributed by atoms with Crippen LogP contribution in [-0.2, 0) is 17.8 Å². The van der Waals surface area contributed by atoms with Gasteiger partial charge in [0.2, 0.25) is 11.0 Å². The predicted molar refractivity (Wildman–Crippen MR) is 101 cm³/mol. The first kappa shape index (κ1) is 18.0. The highest BCUT2D eigenvalue weighted by atomic mass is 32.1. The number of nitrogens with zero attached hydrogens (tertiary/aromatic N) is 3. The predicted octanol–water partition coefficient (Wildman–Crippen LogP) is 1.77. The molecule has 0 aliphatic carbocycles. The molecule has 0 fully saturated rings. The number of nitrogens with one attached hydrogen (secondary N) is 2. The molecule has 2 N–H and O–H groups in total.